The molecule has 6 nitrogen and oxygen atoms in total. The molecule has 0 amide bonds. The predicted molar refractivity (Wildman–Crippen MR) is 127 cm³/mol. The number of thiazole rings is 1. The second kappa shape index (κ2) is 8.07. The summed E-state index contributed by atoms with van der Waals surface area (Å²) in [4.78, 5) is 30.8. The van der Waals surface area contributed by atoms with E-state index in [1.807, 2.05) is 53.9 Å². The van der Waals surface area contributed by atoms with Gasteiger partial charge >= 0.3 is 4.87 Å². The molecule has 0 N–H and O–H groups in total. The summed E-state index contributed by atoms with van der Waals surface area (Å²) >= 11 is 8.80. The Hall–Kier alpha value is -3.33. The summed E-state index contributed by atoms with van der Waals surface area (Å²) in [5, 5.41) is 6.92. The lowest BCUT2D eigenvalue weighted by Crippen LogP contribution is -2.16. The van der Waals surface area contributed by atoms with Crippen LogP contribution in [0.1, 0.15) is 4.88 Å². The second-order valence-corrected chi connectivity index (χ2v) is 8.74. The first kappa shape index (κ1) is 19.6. The van der Waals surface area contributed by atoms with Gasteiger partial charge in [0.25, 0.3) is 5.56 Å². The van der Waals surface area contributed by atoms with Gasteiger partial charge in [-0.3, -0.25) is 14.2 Å². The molecule has 0 unspecified atom stereocenters. The van der Waals surface area contributed by atoms with Crippen molar-refractivity contribution in [3.8, 4) is 16.8 Å². The second-order valence-electron chi connectivity index (χ2n) is 6.53. The zero-order valence-electron chi connectivity index (χ0n) is 15.8. The molecule has 152 valence electrons. The number of hydrogen-bond acceptors (Lipinski definition) is 6. The van der Waals surface area contributed by atoms with Crippen molar-refractivity contribution in [2.45, 2.75) is 0 Å². The van der Waals surface area contributed by atoms with Gasteiger partial charge in [-0.15, -0.1) is 11.3 Å². The molecule has 0 radical (unpaired) electrons. The SMILES string of the molecule is O=c1c2c(-c3ccccc3)csc2ncn1/N=C/c1sc(=O)n(-c2ccccc2)c1Cl. The highest BCUT2D eigenvalue weighted by Crippen LogP contribution is 2.30. The van der Waals surface area contributed by atoms with Crippen LogP contribution >= 0.6 is 34.3 Å². The maximum Gasteiger partial charge on any atom is 0.313 e. The van der Waals surface area contributed by atoms with Crippen LogP contribution in [0.5, 0.6) is 0 Å². The van der Waals surface area contributed by atoms with Gasteiger partial charge < -0.3 is 0 Å². The number of fused-ring (bicyclic) bond motifs is 1. The summed E-state index contributed by atoms with van der Waals surface area (Å²) in [5.74, 6) is 0. The Kier molecular flexibility index (Phi) is 5.11. The fourth-order valence-corrected chi connectivity index (χ4v) is 5.25. The molecule has 0 fully saturated rings. The Bertz CT molecular complexity index is 1530. The number of benzene rings is 2. The van der Waals surface area contributed by atoms with E-state index in [-0.39, 0.29) is 15.6 Å². The van der Waals surface area contributed by atoms with Crippen molar-refractivity contribution in [2.75, 3.05) is 0 Å². The lowest BCUT2D eigenvalue weighted by molar-refractivity contribution is 0.819. The Morgan fingerprint density at radius 1 is 1.00 bits per heavy atom. The third-order valence-electron chi connectivity index (χ3n) is 4.66. The van der Waals surface area contributed by atoms with Gasteiger partial charge in [-0.05, 0) is 17.7 Å². The average molecular weight is 465 g/mol. The topological polar surface area (TPSA) is 69.2 Å². The van der Waals surface area contributed by atoms with Crippen molar-refractivity contribution in [3.63, 3.8) is 0 Å². The van der Waals surface area contributed by atoms with Crippen LogP contribution in [0, 0.1) is 0 Å². The van der Waals surface area contributed by atoms with Crippen LogP contribution in [0.2, 0.25) is 5.15 Å². The maximum atomic E-state index is 13.1. The Morgan fingerprint density at radius 3 is 2.45 bits per heavy atom. The first-order valence-corrected chi connectivity index (χ1v) is 11.3. The highest BCUT2D eigenvalue weighted by atomic mass is 35.5. The van der Waals surface area contributed by atoms with E-state index in [1.54, 1.807) is 12.1 Å². The van der Waals surface area contributed by atoms with Crippen molar-refractivity contribution in [1.29, 1.82) is 0 Å². The van der Waals surface area contributed by atoms with Crippen LogP contribution in [0.4, 0.5) is 0 Å². The largest absolute Gasteiger partial charge is 0.313 e. The first-order chi connectivity index (χ1) is 15.1. The van der Waals surface area contributed by atoms with Gasteiger partial charge in [-0.1, -0.05) is 71.5 Å². The van der Waals surface area contributed by atoms with Crippen molar-refractivity contribution in [2.24, 2.45) is 5.10 Å². The van der Waals surface area contributed by atoms with E-state index < -0.39 is 0 Å². The molecule has 0 spiro atoms. The van der Waals surface area contributed by atoms with E-state index in [1.165, 1.54) is 28.4 Å². The zero-order chi connectivity index (χ0) is 21.4. The zero-order valence-corrected chi connectivity index (χ0v) is 18.2. The number of para-hydroxylation sites is 1. The number of rotatable bonds is 4. The van der Waals surface area contributed by atoms with Crippen LogP contribution < -0.4 is 10.4 Å². The molecule has 3 heterocycles. The summed E-state index contributed by atoms with van der Waals surface area (Å²) in [7, 11) is 0. The number of thiophene rings is 1. The molecule has 5 rings (SSSR count). The van der Waals surface area contributed by atoms with Crippen LogP contribution in [0.3, 0.4) is 0 Å². The number of halogens is 1. The van der Waals surface area contributed by atoms with Gasteiger partial charge in [0.1, 0.15) is 16.3 Å². The molecule has 0 bridgehead atoms. The molecule has 0 atom stereocenters. The van der Waals surface area contributed by atoms with E-state index in [2.05, 4.69) is 10.1 Å². The molecule has 0 aliphatic heterocycles. The van der Waals surface area contributed by atoms with Gasteiger partial charge in [0.2, 0.25) is 0 Å². The van der Waals surface area contributed by atoms with E-state index in [0.717, 1.165) is 27.1 Å². The van der Waals surface area contributed by atoms with Crippen molar-refractivity contribution in [1.82, 2.24) is 14.2 Å². The standard InChI is InChI=1S/C22H13ClN4O2S2/c23-19-17(31-22(29)27(19)15-9-5-2-6-10-15)11-25-26-13-24-20-18(21(26)28)16(12-30-20)14-7-3-1-4-8-14/h1-13H/b25-11+. The monoisotopic (exact) mass is 464 g/mol. The molecule has 3 aromatic heterocycles. The molecule has 5 aromatic rings. The Balaban J connectivity index is 1.57. The minimum Gasteiger partial charge on any atom is -0.267 e. The summed E-state index contributed by atoms with van der Waals surface area (Å²) < 4.78 is 2.57. The van der Waals surface area contributed by atoms with E-state index >= 15 is 0 Å². The normalized spacial score (nSPS) is 11.5. The lowest BCUT2D eigenvalue weighted by atomic mass is 10.1. The third kappa shape index (κ3) is 3.54. The molecular weight excluding hydrogens is 452 g/mol. The molecule has 0 aliphatic rings. The van der Waals surface area contributed by atoms with Crippen molar-refractivity contribution >= 4 is 50.7 Å². The van der Waals surface area contributed by atoms with Gasteiger partial charge in [-0.25, -0.2) is 4.98 Å². The summed E-state index contributed by atoms with van der Waals surface area (Å²) in [6, 6.07) is 18.8. The van der Waals surface area contributed by atoms with Crippen molar-refractivity contribution < 1.29 is 0 Å². The van der Waals surface area contributed by atoms with Crippen LogP contribution in [-0.2, 0) is 0 Å². The number of aromatic nitrogens is 3. The number of hydrogen-bond donors (Lipinski definition) is 0. The highest BCUT2D eigenvalue weighted by molar-refractivity contribution is 7.17. The predicted octanol–water partition coefficient (Wildman–Crippen LogP) is 4.87. The smallest absolute Gasteiger partial charge is 0.267 e. The summed E-state index contributed by atoms with van der Waals surface area (Å²) in [5.41, 5.74) is 2.14. The van der Waals surface area contributed by atoms with Crippen LogP contribution in [-0.4, -0.2) is 20.4 Å². The molecule has 31 heavy (non-hydrogen) atoms. The summed E-state index contributed by atoms with van der Waals surface area (Å²) in [6.45, 7) is 0. The minimum atomic E-state index is -0.285. The van der Waals surface area contributed by atoms with Gasteiger partial charge in [0.05, 0.1) is 22.2 Å². The Labute approximate surface area is 189 Å². The molecule has 0 saturated carbocycles. The van der Waals surface area contributed by atoms with E-state index in [4.69, 9.17) is 11.6 Å². The van der Waals surface area contributed by atoms with E-state index in [9.17, 15) is 9.59 Å². The molecule has 2 aromatic carbocycles. The average Bonchev–Trinajstić information content (AvgIpc) is 3.35. The minimum absolute atomic E-state index is 0.234. The van der Waals surface area contributed by atoms with Crippen LogP contribution in [0.25, 0.3) is 27.0 Å². The van der Waals surface area contributed by atoms with Gasteiger partial charge in [-0.2, -0.15) is 9.78 Å². The highest BCUT2D eigenvalue weighted by Gasteiger charge is 2.15. The maximum absolute atomic E-state index is 13.1. The molecule has 0 saturated heterocycles. The van der Waals surface area contributed by atoms with Crippen molar-refractivity contribution in [3.05, 3.63) is 102 Å². The van der Waals surface area contributed by atoms with E-state index in [0.29, 0.717) is 20.8 Å². The molecule has 0 aliphatic carbocycles. The molecular formula is C22H13ClN4O2S2. The van der Waals surface area contributed by atoms with Crippen LogP contribution in [0.15, 0.2) is 87.1 Å². The number of nitrogens with zero attached hydrogens (tertiary/aromatic N) is 4. The summed E-state index contributed by atoms with van der Waals surface area (Å²) in [6.07, 6.45) is 2.79. The fraction of sp³-hybridized carbons (Fsp3) is 0. The van der Waals surface area contributed by atoms with Gasteiger partial charge in [0.15, 0.2) is 0 Å². The van der Waals surface area contributed by atoms with Gasteiger partial charge in [0, 0.05) is 10.9 Å². The fourth-order valence-electron chi connectivity index (χ4n) is 3.20. The third-order valence-corrected chi connectivity index (χ3v) is 6.90. The first-order valence-electron chi connectivity index (χ1n) is 9.19. The molecule has 9 heteroatoms. The lowest BCUT2D eigenvalue weighted by Gasteiger charge is -2.02. The Morgan fingerprint density at radius 2 is 1.71 bits per heavy atom. The quantitative estimate of drug-likeness (QED) is 0.356.